The van der Waals surface area contributed by atoms with Crippen LogP contribution < -0.4 is 9.62 Å². The average Bonchev–Trinajstić information content (AvgIpc) is 2.61. The first-order valence-electron chi connectivity index (χ1n) is 7.89. The minimum atomic E-state index is -3.79. The van der Waals surface area contributed by atoms with Crippen LogP contribution in [-0.4, -0.2) is 33.9 Å². The topological polar surface area (TPSA) is 92.8 Å². The van der Waals surface area contributed by atoms with Crippen molar-refractivity contribution in [3.8, 4) is 0 Å². The van der Waals surface area contributed by atoms with E-state index >= 15 is 0 Å². The molecule has 1 amide bonds. The Hall–Kier alpha value is -2.87. The van der Waals surface area contributed by atoms with Crippen LogP contribution in [0.3, 0.4) is 0 Å². The molecule has 7 nitrogen and oxygen atoms in total. The molecule has 0 fully saturated rings. The molecular formula is C18H20N2O5S. The van der Waals surface area contributed by atoms with Crippen LogP contribution >= 0.6 is 0 Å². The smallest absolute Gasteiger partial charge is 0.338 e. The van der Waals surface area contributed by atoms with Gasteiger partial charge in [-0.15, -0.1) is 0 Å². The number of rotatable bonds is 6. The minimum absolute atomic E-state index is 0.0627. The molecule has 0 aromatic heterocycles. The van der Waals surface area contributed by atoms with Gasteiger partial charge >= 0.3 is 5.97 Å². The number of benzene rings is 2. The molecule has 2 rings (SSSR count). The number of hydrogen-bond donors (Lipinski definition) is 1. The summed E-state index contributed by atoms with van der Waals surface area (Å²) >= 11 is 0. The summed E-state index contributed by atoms with van der Waals surface area (Å²) < 4.78 is 32.2. The van der Waals surface area contributed by atoms with Gasteiger partial charge in [0.1, 0.15) is 0 Å². The number of nitrogens with one attached hydrogen (secondary N) is 1. The molecule has 26 heavy (non-hydrogen) atoms. The second kappa shape index (κ2) is 8.01. The van der Waals surface area contributed by atoms with Crippen molar-refractivity contribution in [1.29, 1.82) is 0 Å². The molecule has 0 aliphatic carbocycles. The minimum Gasteiger partial charge on any atom is -0.462 e. The van der Waals surface area contributed by atoms with Gasteiger partial charge in [0, 0.05) is 25.3 Å². The molecule has 0 bridgehead atoms. The van der Waals surface area contributed by atoms with Gasteiger partial charge in [0.2, 0.25) is 5.91 Å². The Morgan fingerprint density at radius 1 is 1.04 bits per heavy atom. The Bertz CT molecular complexity index is 890. The predicted molar refractivity (Wildman–Crippen MR) is 98.7 cm³/mol. The van der Waals surface area contributed by atoms with E-state index < -0.39 is 16.0 Å². The van der Waals surface area contributed by atoms with Gasteiger partial charge in [-0.3, -0.25) is 9.52 Å². The summed E-state index contributed by atoms with van der Waals surface area (Å²) in [6, 6.07) is 11.9. The zero-order chi connectivity index (χ0) is 19.3. The van der Waals surface area contributed by atoms with Crippen LogP contribution in [-0.2, 0) is 19.6 Å². The third-order valence-electron chi connectivity index (χ3n) is 3.65. The highest BCUT2D eigenvalue weighted by atomic mass is 32.2. The summed E-state index contributed by atoms with van der Waals surface area (Å²) in [7, 11) is -2.18. The van der Waals surface area contributed by atoms with Gasteiger partial charge < -0.3 is 9.64 Å². The van der Waals surface area contributed by atoms with Crippen molar-refractivity contribution in [3.05, 3.63) is 54.1 Å². The summed E-state index contributed by atoms with van der Waals surface area (Å²) in [6.07, 6.45) is 0. The van der Waals surface area contributed by atoms with Crippen molar-refractivity contribution in [2.45, 2.75) is 18.7 Å². The molecule has 0 saturated heterocycles. The maximum Gasteiger partial charge on any atom is 0.338 e. The molecule has 1 N–H and O–H groups in total. The molecule has 0 unspecified atom stereocenters. The Morgan fingerprint density at radius 2 is 1.62 bits per heavy atom. The van der Waals surface area contributed by atoms with Crippen molar-refractivity contribution >= 4 is 33.3 Å². The summed E-state index contributed by atoms with van der Waals surface area (Å²) in [6.45, 7) is 3.40. The fourth-order valence-electron chi connectivity index (χ4n) is 2.13. The van der Waals surface area contributed by atoms with E-state index in [1.807, 2.05) is 0 Å². The lowest BCUT2D eigenvalue weighted by molar-refractivity contribution is -0.116. The van der Waals surface area contributed by atoms with Crippen molar-refractivity contribution in [1.82, 2.24) is 0 Å². The molecule has 0 aliphatic heterocycles. The number of sulfonamides is 1. The molecule has 2 aromatic carbocycles. The van der Waals surface area contributed by atoms with E-state index in [2.05, 4.69) is 4.72 Å². The SMILES string of the molecule is CCOC(=O)c1ccc(NS(=O)(=O)c2ccc(N(C)C(C)=O)cc2)cc1. The monoisotopic (exact) mass is 376 g/mol. The molecular weight excluding hydrogens is 356 g/mol. The molecule has 0 saturated carbocycles. The zero-order valence-electron chi connectivity index (χ0n) is 14.7. The molecule has 2 aromatic rings. The van der Waals surface area contributed by atoms with Crippen LogP contribution in [0.4, 0.5) is 11.4 Å². The summed E-state index contributed by atoms with van der Waals surface area (Å²) in [5, 5.41) is 0. The maximum atomic E-state index is 12.5. The number of amides is 1. The van der Waals surface area contributed by atoms with E-state index in [-0.39, 0.29) is 17.4 Å². The first kappa shape index (κ1) is 19.5. The molecule has 0 heterocycles. The number of carbonyl (C=O) groups is 2. The van der Waals surface area contributed by atoms with Crippen molar-refractivity contribution < 1.29 is 22.7 Å². The number of carbonyl (C=O) groups excluding carboxylic acids is 2. The Balaban J connectivity index is 2.15. The molecule has 0 spiro atoms. The summed E-state index contributed by atoms with van der Waals surface area (Å²) in [4.78, 5) is 24.4. The third kappa shape index (κ3) is 4.60. The molecule has 8 heteroatoms. The second-order valence-corrected chi connectivity index (χ2v) is 7.16. The first-order valence-corrected chi connectivity index (χ1v) is 9.37. The van der Waals surface area contributed by atoms with Gasteiger partial charge in [-0.2, -0.15) is 0 Å². The maximum absolute atomic E-state index is 12.5. The Morgan fingerprint density at radius 3 is 2.12 bits per heavy atom. The van der Waals surface area contributed by atoms with Crippen LogP contribution in [0, 0.1) is 0 Å². The molecule has 0 atom stereocenters. The first-order chi connectivity index (χ1) is 12.2. The van der Waals surface area contributed by atoms with E-state index in [1.54, 1.807) is 26.1 Å². The highest BCUT2D eigenvalue weighted by Crippen LogP contribution is 2.20. The number of esters is 1. The fraction of sp³-hybridized carbons (Fsp3) is 0.222. The quantitative estimate of drug-likeness (QED) is 0.783. The van der Waals surface area contributed by atoms with E-state index in [0.717, 1.165) is 0 Å². The van der Waals surface area contributed by atoms with Gasteiger partial charge in [0.05, 0.1) is 17.1 Å². The number of hydrogen-bond acceptors (Lipinski definition) is 5. The molecule has 0 aliphatic rings. The third-order valence-corrected chi connectivity index (χ3v) is 5.05. The van der Waals surface area contributed by atoms with Crippen LogP contribution in [0.2, 0.25) is 0 Å². The van der Waals surface area contributed by atoms with Gasteiger partial charge in [0.25, 0.3) is 10.0 Å². The Kier molecular flexibility index (Phi) is 5.99. The number of anilines is 2. The van der Waals surface area contributed by atoms with Crippen LogP contribution in [0.15, 0.2) is 53.4 Å². The number of ether oxygens (including phenoxy) is 1. The van der Waals surface area contributed by atoms with E-state index in [9.17, 15) is 18.0 Å². The highest BCUT2D eigenvalue weighted by Gasteiger charge is 2.16. The average molecular weight is 376 g/mol. The van der Waals surface area contributed by atoms with Crippen LogP contribution in [0.5, 0.6) is 0 Å². The standard InChI is InChI=1S/C18H20N2O5S/c1-4-25-18(22)14-5-7-15(8-6-14)19-26(23,24)17-11-9-16(10-12-17)20(3)13(2)21/h5-12,19H,4H2,1-3H3. The van der Waals surface area contributed by atoms with E-state index in [4.69, 9.17) is 4.74 Å². The Labute approximate surface area is 152 Å². The van der Waals surface area contributed by atoms with Gasteiger partial charge in [-0.1, -0.05) is 0 Å². The highest BCUT2D eigenvalue weighted by molar-refractivity contribution is 7.92. The molecule has 0 radical (unpaired) electrons. The van der Waals surface area contributed by atoms with Crippen molar-refractivity contribution in [2.24, 2.45) is 0 Å². The van der Waals surface area contributed by atoms with E-state index in [1.165, 1.54) is 48.2 Å². The second-order valence-electron chi connectivity index (χ2n) is 5.48. The van der Waals surface area contributed by atoms with Crippen molar-refractivity contribution in [3.63, 3.8) is 0 Å². The number of nitrogens with zero attached hydrogens (tertiary/aromatic N) is 1. The molecule has 138 valence electrons. The summed E-state index contributed by atoms with van der Waals surface area (Å²) in [5.41, 5.74) is 1.25. The zero-order valence-corrected chi connectivity index (χ0v) is 15.5. The lowest BCUT2D eigenvalue weighted by Crippen LogP contribution is -2.22. The lowest BCUT2D eigenvalue weighted by atomic mass is 10.2. The van der Waals surface area contributed by atoms with Gasteiger partial charge in [-0.25, -0.2) is 13.2 Å². The fourth-order valence-corrected chi connectivity index (χ4v) is 3.19. The normalized spacial score (nSPS) is 10.9. The van der Waals surface area contributed by atoms with Crippen molar-refractivity contribution in [2.75, 3.05) is 23.3 Å². The predicted octanol–water partition coefficient (Wildman–Crippen LogP) is 2.65. The van der Waals surface area contributed by atoms with Gasteiger partial charge in [-0.05, 0) is 55.5 Å². The van der Waals surface area contributed by atoms with Crippen LogP contribution in [0.25, 0.3) is 0 Å². The largest absolute Gasteiger partial charge is 0.462 e. The lowest BCUT2D eigenvalue weighted by Gasteiger charge is -2.15. The van der Waals surface area contributed by atoms with E-state index in [0.29, 0.717) is 16.9 Å². The summed E-state index contributed by atoms with van der Waals surface area (Å²) in [5.74, 6) is -0.618. The van der Waals surface area contributed by atoms with Gasteiger partial charge in [0.15, 0.2) is 0 Å². The van der Waals surface area contributed by atoms with Crippen LogP contribution in [0.1, 0.15) is 24.2 Å².